The first kappa shape index (κ1) is 11.9. The van der Waals surface area contributed by atoms with Gasteiger partial charge < -0.3 is 5.21 Å². The lowest BCUT2D eigenvalue weighted by molar-refractivity contribution is 0.322. The fraction of sp³-hybridized carbons (Fsp3) is 0.0625. The largest absolute Gasteiger partial charge is 0.411 e. The second-order valence-corrected chi connectivity index (χ2v) is 3.95. The van der Waals surface area contributed by atoms with Crippen molar-refractivity contribution < 1.29 is 5.21 Å². The monoisotopic (exact) mass is 235 g/mol. The summed E-state index contributed by atoms with van der Waals surface area (Å²) in [5, 5.41) is 11.6. The Kier molecular flexibility index (Phi) is 3.78. The highest BCUT2D eigenvalue weighted by molar-refractivity contribution is 5.83. The van der Waals surface area contributed by atoms with Crippen LogP contribution in [0.4, 0.5) is 0 Å². The van der Waals surface area contributed by atoms with Gasteiger partial charge in [-0.2, -0.15) is 0 Å². The Morgan fingerprint density at radius 3 is 2.44 bits per heavy atom. The summed E-state index contributed by atoms with van der Waals surface area (Å²) in [5.74, 6) is 6.18. The predicted octanol–water partition coefficient (Wildman–Crippen LogP) is 3.20. The van der Waals surface area contributed by atoms with Gasteiger partial charge in [0, 0.05) is 16.7 Å². The summed E-state index contributed by atoms with van der Waals surface area (Å²) < 4.78 is 0. The highest BCUT2D eigenvalue weighted by atomic mass is 16.4. The minimum Gasteiger partial charge on any atom is -0.411 e. The molecule has 88 valence electrons. The Balaban J connectivity index is 2.32. The van der Waals surface area contributed by atoms with Gasteiger partial charge in [0.1, 0.15) is 0 Å². The van der Waals surface area contributed by atoms with E-state index in [1.54, 1.807) is 0 Å². The Morgan fingerprint density at radius 1 is 1.00 bits per heavy atom. The van der Waals surface area contributed by atoms with Gasteiger partial charge in [-0.05, 0) is 25.1 Å². The van der Waals surface area contributed by atoms with Crippen LogP contribution in [0.15, 0.2) is 53.7 Å². The van der Waals surface area contributed by atoms with Gasteiger partial charge in [-0.3, -0.25) is 0 Å². The molecule has 0 aromatic heterocycles. The fourth-order valence-corrected chi connectivity index (χ4v) is 1.56. The number of nitrogens with zero attached hydrogens (tertiary/aromatic N) is 1. The Bertz CT molecular complexity index is 616. The zero-order valence-corrected chi connectivity index (χ0v) is 10.1. The van der Waals surface area contributed by atoms with Crippen molar-refractivity contribution in [1.29, 1.82) is 0 Å². The highest BCUT2D eigenvalue weighted by Gasteiger charge is 1.95. The molecule has 0 radical (unpaired) electrons. The standard InChI is InChI=1S/C16H13NO/c1-13-6-8-14(9-7-13)10-11-15-4-2-3-5-16(15)12-17-18/h2-9,12,18H,1H3/b17-12+. The summed E-state index contributed by atoms with van der Waals surface area (Å²) in [4.78, 5) is 0. The van der Waals surface area contributed by atoms with Gasteiger partial charge >= 0.3 is 0 Å². The van der Waals surface area contributed by atoms with Gasteiger partial charge in [-0.1, -0.05) is 52.9 Å². The fourth-order valence-electron chi connectivity index (χ4n) is 1.56. The van der Waals surface area contributed by atoms with E-state index in [1.165, 1.54) is 11.8 Å². The molecule has 2 aromatic carbocycles. The van der Waals surface area contributed by atoms with Crippen molar-refractivity contribution in [1.82, 2.24) is 0 Å². The van der Waals surface area contributed by atoms with E-state index in [4.69, 9.17) is 5.21 Å². The third-order valence-corrected chi connectivity index (χ3v) is 2.55. The van der Waals surface area contributed by atoms with Crippen LogP contribution in [0.1, 0.15) is 22.3 Å². The molecule has 0 amide bonds. The molecule has 0 aliphatic carbocycles. The van der Waals surface area contributed by atoms with Crippen molar-refractivity contribution in [3.05, 3.63) is 70.8 Å². The maximum atomic E-state index is 8.58. The van der Waals surface area contributed by atoms with Gasteiger partial charge in [0.25, 0.3) is 0 Å². The third kappa shape index (κ3) is 2.99. The van der Waals surface area contributed by atoms with E-state index < -0.39 is 0 Å². The van der Waals surface area contributed by atoms with Crippen LogP contribution in [0.25, 0.3) is 0 Å². The van der Waals surface area contributed by atoms with Crippen LogP contribution in [0.3, 0.4) is 0 Å². The molecule has 0 spiro atoms. The van der Waals surface area contributed by atoms with Crippen molar-refractivity contribution >= 4 is 6.21 Å². The van der Waals surface area contributed by atoms with Gasteiger partial charge in [0.15, 0.2) is 0 Å². The number of hydrogen-bond acceptors (Lipinski definition) is 2. The molecule has 0 saturated heterocycles. The average Bonchev–Trinajstić information content (AvgIpc) is 2.40. The molecule has 0 bridgehead atoms. The molecule has 18 heavy (non-hydrogen) atoms. The molecule has 2 rings (SSSR count). The molecular weight excluding hydrogens is 222 g/mol. The van der Waals surface area contributed by atoms with E-state index >= 15 is 0 Å². The van der Waals surface area contributed by atoms with Crippen molar-refractivity contribution in [2.24, 2.45) is 5.16 Å². The van der Waals surface area contributed by atoms with Crippen LogP contribution in [0.5, 0.6) is 0 Å². The summed E-state index contributed by atoms with van der Waals surface area (Å²) in [6.45, 7) is 2.05. The molecule has 1 N–H and O–H groups in total. The van der Waals surface area contributed by atoms with Crippen LogP contribution in [-0.2, 0) is 0 Å². The summed E-state index contributed by atoms with van der Waals surface area (Å²) in [5.41, 5.74) is 3.83. The molecule has 0 unspecified atom stereocenters. The number of aryl methyl sites for hydroxylation is 1. The van der Waals surface area contributed by atoms with Crippen LogP contribution >= 0.6 is 0 Å². The quantitative estimate of drug-likeness (QED) is 0.350. The summed E-state index contributed by atoms with van der Waals surface area (Å²) in [6, 6.07) is 15.6. The van der Waals surface area contributed by atoms with E-state index in [-0.39, 0.29) is 0 Å². The number of oxime groups is 1. The molecule has 0 fully saturated rings. The first-order chi connectivity index (χ1) is 8.79. The van der Waals surface area contributed by atoms with E-state index in [9.17, 15) is 0 Å². The SMILES string of the molecule is Cc1ccc(C#Cc2ccccc2/C=N/O)cc1. The molecule has 2 heteroatoms. The molecule has 0 saturated carbocycles. The number of benzene rings is 2. The summed E-state index contributed by atoms with van der Waals surface area (Å²) >= 11 is 0. The van der Waals surface area contributed by atoms with Crippen LogP contribution in [0.2, 0.25) is 0 Å². The lowest BCUT2D eigenvalue weighted by Gasteiger charge is -1.96. The van der Waals surface area contributed by atoms with Crippen LogP contribution in [-0.4, -0.2) is 11.4 Å². The number of hydrogen-bond donors (Lipinski definition) is 1. The second-order valence-electron chi connectivity index (χ2n) is 3.95. The maximum absolute atomic E-state index is 8.58. The minimum atomic E-state index is 0.805. The Hall–Kier alpha value is -2.53. The smallest absolute Gasteiger partial charge is 0.0746 e. The highest BCUT2D eigenvalue weighted by Crippen LogP contribution is 2.06. The summed E-state index contributed by atoms with van der Waals surface area (Å²) in [7, 11) is 0. The molecule has 0 atom stereocenters. The van der Waals surface area contributed by atoms with Gasteiger partial charge in [-0.25, -0.2) is 0 Å². The van der Waals surface area contributed by atoms with Crippen molar-refractivity contribution in [3.8, 4) is 11.8 Å². The predicted molar refractivity (Wildman–Crippen MR) is 73.0 cm³/mol. The van der Waals surface area contributed by atoms with Crippen LogP contribution < -0.4 is 0 Å². The van der Waals surface area contributed by atoms with Gasteiger partial charge in [-0.15, -0.1) is 0 Å². The maximum Gasteiger partial charge on any atom is 0.0746 e. The van der Waals surface area contributed by atoms with Crippen LogP contribution in [0, 0.1) is 18.8 Å². The Morgan fingerprint density at radius 2 is 1.72 bits per heavy atom. The topological polar surface area (TPSA) is 32.6 Å². The van der Waals surface area contributed by atoms with E-state index in [2.05, 4.69) is 17.0 Å². The van der Waals surface area contributed by atoms with Crippen molar-refractivity contribution in [3.63, 3.8) is 0 Å². The van der Waals surface area contributed by atoms with E-state index in [1.807, 2.05) is 55.5 Å². The first-order valence-corrected chi connectivity index (χ1v) is 5.65. The molecular formula is C16H13NO. The van der Waals surface area contributed by atoms with Crippen molar-refractivity contribution in [2.75, 3.05) is 0 Å². The lowest BCUT2D eigenvalue weighted by Crippen LogP contribution is -1.87. The molecule has 0 heterocycles. The summed E-state index contributed by atoms with van der Waals surface area (Å²) in [6.07, 6.45) is 1.39. The normalized spacial score (nSPS) is 10.1. The van der Waals surface area contributed by atoms with Gasteiger partial charge in [0.2, 0.25) is 0 Å². The zero-order valence-electron chi connectivity index (χ0n) is 10.1. The molecule has 0 aliphatic heterocycles. The average molecular weight is 235 g/mol. The first-order valence-electron chi connectivity index (χ1n) is 5.65. The molecule has 0 aliphatic rings. The molecule has 2 aromatic rings. The minimum absolute atomic E-state index is 0.805. The lowest BCUT2D eigenvalue weighted by atomic mass is 10.1. The second kappa shape index (κ2) is 5.70. The van der Waals surface area contributed by atoms with E-state index in [0.29, 0.717) is 0 Å². The molecule has 2 nitrogen and oxygen atoms in total. The Labute approximate surface area is 107 Å². The van der Waals surface area contributed by atoms with E-state index in [0.717, 1.165) is 16.7 Å². The van der Waals surface area contributed by atoms with Crippen molar-refractivity contribution in [2.45, 2.75) is 6.92 Å². The van der Waals surface area contributed by atoms with Gasteiger partial charge in [0.05, 0.1) is 6.21 Å². The zero-order chi connectivity index (χ0) is 12.8. The third-order valence-electron chi connectivity index (χ3n) is 2.55. The number of rotatable bonds is 1.